The van der Waals surface area contributed by atoms with Crippen LogP contribution in [0.2, 0.25) is 0 Å². The quantitative estimate of drug-likeness (QED) is 0.314. The van der Waals surface area contributed by atoms with E-state index in [0.29, 0.717) is 17.1 Å². The predicted octanol–water partition coefficient (Wildman–Crippen LogP) is 5.21. The number of carbonyl (C=O) groups is 1. The Morgan fingerprint density at radius 1 is 0.800 bits per heavy atom. The van der Waals surface area contributed by atoms with E-state index >= 15 is 0 Å². The summed E-state index contributed by atoms with van der Waals surface area (Å²) in [5.74, 6) is 1.17. The molecule has 0 aromatic heterocycles. The molecule has 0 unspecified atom stereocenters. The molecule has 8 nitrogen and oxygen atoms in total. The second-order valence-corrected chi connectivity index (χ2v) is 11.7. The van der Waals surface area contributed by atoms with Crippen molar-refractivity contribution in [2.75, 3.05) is 55.4 Å². The molecular formula is C31H37N3O5S. The third-order valence-corrected chi connectivity index (χ3v) is 8.59. The molecule has 0 N–H and O–H groups in total. The van der Waals surface area contributed by atoms with E-state index in [1.54, 1.807) is 4.90 Å². The fourth-order valence-electron chi connectivity index (χ4n) is 6.18. The van der Waals surface area contributed by atoms with Gasteiger partial charge >= 0.3 is 0 Å². The molecule has 1 amide bonds. The summed E-state index contributed by atoms with van der Waals surface area (Å²) >= 11 is 0. The first-order valence-electron chi connectivity index (χ1n) is 13.9. The van der Waals surface area contributed by atoms with Crippen molar-refractivity contribution in [1.29, 1.82) is 0 Å². The molecule has 9 heteroatoms. The number of carbonyl (C=O) groups excluding carboxylic acids is 1. The highest BCUT2D eigenvalue weighted by Gasteiger charge is 2.56. The molecule has 5 rings (SSSR count). The maximum Gasteiger partial charge on any atom is 0.264 e. The fraction of sp³-hybridized carbons (Fsp3) is 0.387. The van der Waals surface area contributed by atoms with Crippen molar-refractivity contribution < 1.29 is 22.1 Å². The van der Waals surface area contributed by atoms with E-state index in [4.69, 9.17) is 8.92 Å². The van der Waals surface area contributed by atoms with Gasteiger partial charge in [-0.1, -0.05) is 30.3 Å². The van der Waals surface area contributed by atoms with E-state index in [0.717, 1.165) is 60.5 Å². The van der Waals surface area contributed by atoms with Gasteiger partial charge in [0.25, 0.3) is 16.0 Å². The third kappa shape index (κ3) is 4.51. The van der Waals surface area contributed by atoms with Crippen LogP contribution in [0.3, 0.4) is 0 Å². The van der Waals surface area contributed by atoms with Gasteiger partial charge in [0.1, 0.15) is 17.0 Å². The second-order valence-electron chi connectivity index (χ2n) is 10.0. The monoisotopic (exact) mass is 563 g/mol. The Bertz CT molecular complexity index is 1470. The average Bonchev–Trinajstić information content (AvgIpc) is 3.18. The van der Waals surface area contributed by atoms with E-state index in [-0.39, 0.29) is 19.1 Å². The van der Waals surface area contributed by atoms with Crippen LogP contribution in [0.4, 0.5) is 11.4 Å². The zero-order chi connectivity index (χ0) is 28.7. The number of fused-ring (bicyclic) bond motifs is 6. The largest absolute Gasteiger partial charge is 0.456 e. The number of hydrogen-bond donors (Lipinski definition) is 0. The molecule has 0 saturated heterocycles. The molecule has 212 valence electrons. The van der Waals surface area contributed by atoms with Gasteiger partial charge in [-0.05, 0) is 51.5 Å². The Kier molecular flexibility index (Phi) is 7.54. The van der Waals surface area contributed by atoms with E-state index in [1.165, 1.54) is 0 Å². The summed E-state index contributed by atoms with van der Waals surface area (Å²) in [6, 6.07) is 19.9. The van der Waals surface area contributed by atoms with E-state index in [9.17, 15) is 13.2 Å². The summed E-state index contributed by atoms with van der Waals surface area (Å²) in [6.45, 7) is 11.8. The SMILES string of the molecule is CCN(CC)c1ccc2c(c1)Oc1cc(N(CC)CC)ccc1C21c2ccccc2C(=O)N1CCOS(C)(=O)=O. The maximum atomic E-state index is 14.0. The Morgan fingerprint density at radius 2 is 1.32 bits per heavy atom. The molecule has 2 heterocycles. The smallest absolute Gasteiger partial charge is 0.264 e. The van der Waals surface area contributed by atoms with Gasteiger partial charge in [0, 0.05) is 72.9 Å². The summed E-state index contributed by atoms with van der Waals surface area (Å²) in [7, 11) is -3.68. The molecule has 0 bridgehead atoms. The number of anilines is 2. The van der Waals surface area contributed by atoms with Crippen LogP contribution < -0.4 is 14.5 Å². The average molecular weight is 564 g/mol. The standard InChI is InChI=1S/C31H37N3O5S/c1-6-32(7-2)22-14-16-26-28(20-22)39-29-21-23(33(8-3)9-4)15-17-27(29)31(26)25-13-11-10-12-24(25)30(35)34(31)18-19-38-40(5,36)37/h10-17,20-21H,6-9,18-19H2,1-5H3. The summed E-state index contributed by atoms with van der Waals surface area (Å²) in [5.41, 5.74) is 4.16. The lowest BCUT2D eigenvalue weighted by molar-refractivity contribution is 0.0629. The van der Waals surface area contributed by atoms with Crippen LogP contribution >= 0.6 is 0 Å². The molecule has 3 aromatic carbocycles. The van der Waals surface area contributed by atoms with Crippen molar-refractivity contribution in [1.82, 2.24) is 4.90 Å². The molecule has 0 saturated carbocycles. The van der Waals surface area contributed by atoms with Crippen LogP contribution in [0.25, 0.3) is 0 Å². The highest BCUT2D eigenvalue weighted by molar-refractivity contribution is 7.85. The van der Waals surface area contributed by atoms with Crippen molar-refractivity contribution in [3.63, 3.8) is 0 Å². The topological polar surface area (TPSA) is 79.4 Å². The number of rotatable bonds is 10. The molecule has 0 radical (unpaired) electrons. The minimum absolute atomic E-state index is 0.0784. The normalized spacial score (nSPS) is 14.9. The zero-order valence-corrected chi connectivity index (χ0v) is 24.6. The van der Waals surface area contributed by atoms with Crippen molar-refractivity contribution in [2.24, 2.45) is 0 Å². The van der Waals surface area contributed by atoms with Crippen LogP contribution in [-0.2, 0) is 19.8 Å². The van der Waals surface area contributed by atoms with Gasteiger partial charge in [-0.3, -0.25) is 8.98 Å². The van der Waals surface area contributed by atoms with Gasteiger partial charge in [-0.15, -0.1) is 0 Å². The first-order chi connectivity index (χ1) is 19.2. The Labute approximate surface area is 237 Å². The number of hydrogen-bond acceptors (Lipinski definition) is 7. The van der Waals surface area contributed by atoms with Crippen LogP contribution in [0.1, 0.15) is 54.7 Å². The second kappa shape index (κ2) is 10.8. The molecule has 0 aliphatic carbocycles. The molecule has 0 fully saturated rings. The van der Waals surface area contributed by atoms with Crippen LogP contribution in [0.15, 0.2) is 60.7 Å². The Morgan fingerprint density at radius 3 is 1.82 bits per heavy atom. The molecule has 2 aliphatic heterocycles. The first-order valence-corrected chi connectivity index (χ1v) is 15.7. The van der Waals surface area contributed by atoms with E-state index < -0.39 is 15.7 Å². The lowest BCUT2D eigenvalue weighted by Gasteiger charge is -2.44. The molecule has 40 heavy (non-hydrogen) atoms. The minimum atomic E-state index is -3.68. The number of benzene rings is 3. The van der Waals surface area contributed by atoms with Gasteiger partial charge in [-0.25, -0.2) is 0 Å². The molecule has 3 aromatic rings. The molecule has 2 aliphatic rings. The van der Waals surface area contributed by atoms with Crippen LogP contribution in [-0.4, -0.2) is 64.8 Å². The summed E-state index contributed by atoms with van der Waals surface area (Å²) < 4.78 is 35.5. The van der Waals surface area contributed by atoms with Gasteiger partial charge in [0.2, 0.25) is 0 Å². The number of amides is 1. The van der Waals surface area contributed by atoms with Gasteiger partial charge in [-0.2, -0.15) is 8.42 Å². The molecule has 0 atom stereocenters. The van der Waals surface area contributed by atoms with Crippen LogP contribution in [0, 0.1) is 0 Å². The lowest BCUT2D eigenvalue weighted by atomic mass is 9.74. The van der Waals surface area contributed by atoms with Crippen molar-refractivity contribution in [3.8, 4) is 11.5 Å². The van der Waals surface area contributed by atoms with Gasteiger partial charge in [0.05, 0.1) is 12.9 Å². The van der Waals surface area contributed by atoms with Gasteiger partial charge < -0.3 is 19.4 Å². The Balaban J connectivity index is 1.78. The highest BCUT2D eigenvalue weighted by atomic mass is 32.2. The third-order valence-electron chi connectivity index (χ3n) is 8.00. The van der Waals surface area contributed by atoms with Crippen molar-refractivity contribution >= 4 is 27.4 Å². The number of ether oxygens (including phenoxy) is 1. The lowest BCUT2D eigenvalue weighted by Crippen LogP contribution is -2.48. The van der Waals surface area contributed by atoms with Crippen molar-refractivity contribution in [3.05, 3.63) is 82.9 Å². The van der Waals surface area contributed by atoms with Gasteiger partial charge in [0.15, 0.2) is 0 Å². The summed E-state index contributed by atoms with van der Waals surface area (Å²) in [6.07, 6.45) is 1.02. The van der Waals surface area contributed by atoms with E-state index in [1.807, 2.05) is 48.5 Å². The number of nitrogens with zero attached hydrogens (tertiary/aromatic N) is 3. The molecule has 1 spiro atoms. The minimum Gasteiger partial charge on any atom is -0.456 e. The fourth-order valence-corrected chi connectivity index (χ4v) is 6.56. The Hall–Kier alpha value is -3.56. The summed E-state index contributed by atoms with van der Waals surface area (Å²) in [4.78, 5) is 20.3. The van der Waals surface area contributed by atoms with E-state index in [2.05, 4.69) is 49.6 Å². The zero-order valence-electron chi connectivity index (χ0n) is 23.8. The first kappa shape index (κ1) is 28.0. The molecular weight excluding hydrogens is 526 g/mol. The maximum absolute atomic E-state index is 14.0. The van der Waals surface area contributed by atoms with Crippen LogP contribution in [0.5, 0.6) is 11.5 Å². The predicted molar refractivity (Wildman–Crippen MR) is 158 cm³/mol. The highest BCUT2D eigenvalue weighted by Crippen LogP contribution is 2.58. The summed E-state index contributed by atoms with van der Waals surface area (Å²) in [5, 5.41) is 0. The van der Waals surface area contributed by atoms with Crippen molar-refractivity contribution in [2.45, 2.75) is 33.2 Å².